The van der Waals surface area contributed by atoms with E-state index in [1.165, 1.54) is 0 Å². The van der Waals surface area contributed by atoms with E-state index < -0.39 is 0 Å². The van der Waals surface area contributed by atoms with Gasteiger partial charge in [0.15, 0.2) is 10.9 Å². The number of fused-ring (bicyclic) bond motifs is 4. The van der Waals surface area contributed by atoms with Crippen molar-refractivity contribution in [2.45, 2.75) is 13.5 Å². The fourth-order valence-corrected chi connectivity index (χ4v) is 4.20. The molecule has 3 aromatic carbocycles. The second-order valence-corrected chi connectivity index (χ2v) is 7.58. The molecule has 0 aliphatic carbocycles. The van der Waals surface area contributed by atoms with E-state index in [1.54, 1.807) is 0 Å². The molecule has 5 nitrogen and oxygen atoms in total. The summed E-state index contributed by atoms with van der Waals surface area (Å²) in [6, 6.07) is 17.1. The van der Waals surface area contributed by atoms with Gasteiger partial charge in [-0.25, -0.2) is 0 Å². The van der Waals surface area contributed by atoms with Crippen LogP contribution in [0.15, 0.2) is 64.2 Å². The van der Waals surface area contributed by atoms with Gasteiger partial charge in [0.1, 0.15) is 0 Å². The molecule has 0 radical (unpaired) electrons. The lowest BCUT2D eigenvalue weighted by atomic mass is 10.0. The zero-order chi connectivity index (χ0) is 20.3. The van der Waals surface area contributed by atoms with Crippen LogP contribution in [0, 0.1) is 0 Å². The first-order valence-corrected chi connectivity index (χ1v) is 9.72. The number of nitrogens with one attached hydrogen (secondary N) is 1. The first-order valence-electron chi connectivity index (χ1n) is 9.72. The molecular weight excluding hydrogens is 362 g/mol. The first-order chi connectivity index (χ1) is 14.0. The minimum Gasteiger partial charge on any atom is -0.378 e. The molecule has 2 aromatic heterocycles. The number of aryl methyl sites for hydroxylation is 1. The molecule has 0 amide bonds. The summed E-state index contributed by atoms with van der Waals surface area (Å²) in [6.45, 7) is 2.75. The number of pyridine rings is 2. The van der Waals surface area contributed by atoms with Gasteiger partial charge in [-0.1, -0.05) is 12.1 Å². The Morgan fingerprint density at radius 2 is 1.52 bits per heavy atom. The third kappa shape index (κ3) is 2.47. The molecule has 0 bridgehead atoms. The Hall–Kier alpha value is -3.60. The summed E-state index contributed by atoms with van der Waals surface area (Å²) >= 11 is 0. The minimum atomic E-state index is -0.0191. The number of nitrogens with zero attached hydrogens (tertiary/aromatic N) is 2. The van der Waals surface area contributed by atoms with E-state index in [0.29, 0.717) is 33.6 Å². The summed E-state index contributed by atoms with van der Waals surface area (Å²) in [5.74, 6) is 0. The maximum absolute atomic E-state index is 13.4. The molecule has 0 fully saturated rings. The summed E-state index contributed by atoms with van der Waals surface area (Å²) in [7, 11) is 3.92. The largest absolute Gasteiger partial charge is 0.378 e. The Kier molecular flexibility index (Phi) is 3.74. The predicted octanol–water partition coefficient (Wildman–Crippen LogP) is 4.24. The number of benzene rings is 3. The predicted molar refractivity (Wildman–Crippen MR) is 121 cm³/mol. The minimum absolute atomic E-state index is 0.0145. The SMILES string of the molecule is CCn1c2ccc(N(C)C)cc2c(=O)c2cc3[nH]c4ccccc4c(=O)c3cc21. The number of hydrogen-bond donors (Lipinski definition) is 1. The van der Waals surface area contributed by atoms with Gasteiger partial charge in [0.2, 0.25) is 0 Å². The smallest absolute Gasteiger partial charge is 0.197 e. The Balaban J connectivity index is 2.00. The summed E-state index contributed by atoms with van der Waals surface area (Å²) in [6.07, 6.45) is 0. The molecule has 0 saturated heterocycles. The number of anilines is 1. The Labute approximate surface area is 166 Å². The molecule has 0 unspecified atom stereocenters. The summed E-state index contributed by atoms with van der Waals surface area (Å²) < 4.78 is 2.11. The number of aromatic nitrogens is 2. The Morgan fingerprint density at radius 3 is 2.28 bits per heavy atom. The van der Waals surface area contributed by atoms with Crippen molar-refractivity contribution in [1.82, 2.24) is 9.55 Å². The lowest BCUT2D eigenvalue weighted by molar-refractivity contribution is 0.821. The number of aromatic amines is 1. The lowest BCUT2D eigenvalue weighted by Crippen LogP contribution is -2.14. The van der Waals surface area contributed by atoms with Crippen LogP contribution in [0.1, 0.15) is 6.92 Å². The van der Waals surface area contributed by atoms with Crippen LogP contribution in [0.25, 0.3) is 43.6 Å². The fraction of sp³-hybridized carbons (Fsp3) is 0.167. The molecule has 0 aliphatic heterocycles. The molecule has 1 N–H and O–H groups in total. The second-order valence-electron chi connectivity index (χ2n) is 7.58. The van der Waals surface area contributed by atoms with Gasteiger partial charge in [-0.05, 0) is 49.4 Å². The van der Waals surface area contributed by atoms with Gasteiger partial charge in [0.05, 0.1) is 16.6 Å². The first kappa shape index (κ1) is 17.5. The van der Waals surface area contributed by atoms with Crippen LogP contribution in [0.4, 0.5) is 5.69 Å². The van der Waals surface area contributed by atoms with Crippen molar-refractivity contribution in [1.29, 1.82) is 0 Å². The van der Waals surface area contributed by atoms with Gasteiger partial charge in [-0.15, -0.1) is 0 Å². The maximum Gasteiger partial charge on any atom is 0.197 e. The van der Waals surface area contributed by atoms with Gasteiger partial charge in [-0.2, -0.15) is 0 Å². The summed E-state index contributed by atoms with van der Waals surface area (Å²) in [5.41, 5.74) is 4.08. The van der Waals surface area contributed by atoms with Crippen molar-refractivity contribution >= 4 is 49.3 Å². The summed E-state index contributed by atoms with van der Waals surface area (Å²) in [5, 5.41) is 2.56. The average Bonchev–Trinajstić information content (AvgIpc) is 2.73. The van der Waals surface area contributed by atoms with Gasteiger partial charge < -0.3 is 14.5 Å². The zero-order valence-electron chi connectivity index (χ0n) is 16.6. The van der Waals surface area contributed by atoms with Crippen LogP contribution >= 0.6 is 0 Å². The molecule has 144 valence electrons. The Bertz CT molecular complexity index is 1560. The van der Waals surface area contributed by atoms with Crippen LogP contribution < -0.4 is 15.8 Å². The van der Waals surface area contributed by atoms with Crippen molar-refractivity contribution in [2.24, 2.45) is 0 Å². The number of H-pyrrole nitrogens is 1. The van der Waals surface area contributed by atoms with Crippen molar-refractivity contribution in [3.8, 4) is 0 Å². The molecule has 0 spiro atoms. The van der Waals surface area contributed by atoms with E-state index in [0.717, 1.165) is 22.2 Å². The third-order valence-corrected chi connectivity index (χ3v) is 5.71. The highest BCUT2D eigenvalue weighted by molar-refractivity contribution is 6.03. The molecule has 5 heteroatoms. The van der Waals surface area contributed by atoms with Crippen molar-refractivity contribution in [3.05, 3.63) is 75.0 Å². The average molecular weight is 383 g/mol. The molecule has 0 aliphatic rings. The van der Waals surface area contributed by atoms with E-state index in [2.05, 4.69) is 16.5 Å². The molecule has 5 rings (SSSR count). The van der Waals surface area contributed by atoms with Crippen LogP contribution in [0.5, 0.6) is 0 Å². The molecule has 0 atom stereocenters. The lowest BCUT2D eigenvalue weighted by Gasteiger charge is -2.17. The normalized spacial score (nSPS) is 11.7. The van der Waals surface area contributed by atoms with Gasteiger partial charge in [-0.3, -0.25) is 9.59 Å². The fourth-order valence-electron chi connectivity index (χ4n) is 4.20. The van der Waals surface area contributed by atoms with E-state index in [1.807, 2.05) is 73.6 Å². The molecule has 2 heterocycles. The Morgan fingerprint density at radius 1 is 0.793 bits per heavy atom. The number of rotatable bonds is 2. The van der Waals surface area contributed by atoms with E-state index in [4.69, 9.17) is 0 Å². The molecule has 5 aromatic rings. The molecule has 29 heavy (non-hydrogen) atoms. The van der Waals surface area contributed by atoms with Crippen molar-refractivity contribution < 1.29 is 0 Å². The quantitative estimate of drug-likeness (QED) is 0.464. The molecular formula is C24H21N3O2. The van der Waals surface area contributed by atoms with Gasteiger partial charge in [0, 0.05) is 53.4 Å². The topological polar surface area (TPSA) is 58.1 Å². The molecule has 0 saturated carbocycles. The number of hydrogen-bond acceptors (Lipinski definition) is 3. The summed E-state index contributed by atoms with van der Waals surface area (Å²) in [4.78, 5) is 31.8. The highest BCUT2D eigenvalue weighted by Gasteiger charge is 2.14. The highest BCUT2D eigenvalue weighted by atomic mass is 16.1. The van der Waals surface area contributed by atoms with E-state index in [9.17, 15) is 9.59 Å². The maximum atomic E-state index is 13.4. The van der Waals surface area contributed by atoms with E-state index >= 15 is 0 Å². The van der Waals surface area contributed by atoms with E-state index in [-0.39, 0.29) is 10.9 Å². The monoisotopic (exact) mass is 383 g/mol. The standard InChI is InChI=1S/C24H21N3O2/c1-4-27-21-10-9-14(26(2)3)11-17(21)24(29)18-12-20-16(13-22(18)27)23(28)15-7-5-6-8-19(15)25-20/h5-13H,4H2,1-3H3,(H,25,28). The van der Waals surface area contributed by atoms with Crippen LogP contribution in [0.2, 0.25) is 0 Å². The van der Waals surface area contributed by atoms with Crippen molar-refractivity contribution in [2.75, 3.05) is 19.0 Å². The van der Waals surface area contributed by atoms with Crippen molar-refractivity contribution in [3.63, 3.8) is 0 Å². The van der Waals surface area contributed by atoms with Crippen LogP contribution in [-0.4, -0.2) is 23.6 Å². The third-order valence-electron chi connectivity index (χ3n) is 5.71. The van der Waals surface area contributed by atoms with Crippen LogP contribution in [-0.2, 0) is 6.54 Å². The van der Waals surface area contributed by atoms with Gasteiger partial charge >= 0.3 is 0 Å². The van der Waals surface area contributed by atoms with Gasteiger partial charge in [0.25, 0.3) is 0 Å². The second kappa shape index (κ2) is 6.21. The zero-order valence-corrected chi connectivity index (χ0v) is 16.6. The number of para-hydroxylation sites is 1. The highest BCUT2D eigenvalue weighted by Crippen LogP contribution is 2.26. The van der Waals surface area contributed by atoms with Crippen LogP contribution in [0.3, 0.4) is 0 Å².